The van der Waals surface area contributed by atoms with Crippen LogP contribution in [0.2, 0.25) is 0 Å². The number of benzene rings is 4. The number of carbonyl (C=O) groups is 3. The van der Waals surface area contributed by atoms with E-state index in [1.54, 1.807) is 88.5 Å². The van der Waals surface area contributed by atoms with E-state index in [0.29, 0.717) is 36.6 Å². The van der Waals surface area contributed by atoms with Crippen LogP contribution in [-0.4, -0.2) is 43.6 Å². The van der Waals surface area contributed by atoms with Crippen LogP contribution in [0.3, 0.4) is 0 Å². The molecule has 0 saturated heterocycles. The van der Waals surface area contributed by atoms with E-state index in [2.05, 4.69) is 10.6 Å². The zero-order valence-electron chi connectivity index (χ0n) is 26.4. The van der Waals surface area contributed by atoms with Gasteiger partial charge in [-0.2, -0.15) is 0 Å². The summed E-state index contributed by atoms with van der Waals surface area (Å²) >= 11 is 0. The molecule has 0 fully saturated rings. The molecule has 4 aromatic carbocycles. The van der Waals surface area contributed by atoms with Crippen LogP contribution >= 0.6 is 0 Å². The number of nitrogens with one attached hydrogen (secondary N) is 2. The SMILES string of the molecule is COc1ccc(C(=O)Nc2c(N)cccc2C(=O)c2ccc(OCc3ccccc3)cc2OCCCNC(=O)OC(C)(C)C)cc1. The summed E-state index contributed by atoms with van der Waals surface area (Å²) in [6.45, 7) is 6.19. The highest BCUT2D eigenvalue weighted by atomic mass is 16.6. The van der Waals surface area contributed by atoms with Crippen LogP contribution in [0.4, 0.5) is 16.2 Å². The molecule has 240 valence electrons. The van der Waals surface area contributed by atoms with Crippen molar-refractivity contribution in [3.63, 3.8) is 0 Å². The quantitative estimate of drug-likeness (QED) is 0.0855. The lowest BCUT2D eigenvalue weighted by atomic mass is 9.99. The second-order valence-electron chi connectivity index (χ2n) is 11.3. The molecule has 10 heteroatoms. The van der Waals surface area contributed by atoms with E-state index in [9.17, 15) is 14.4 Å². The summed E-state index contributed by atoms with van der Waals surface area (Å²) in [5.74, 6) is 0.545. The molecule has 0 saturated carbocycles. The van der Waals surface area contributed by atoms with Crippen LogP contribution in [0.25, 0.3) is 0 Å². The van der Waals surface area contributed by atoms with Crippen molar-refractivity contribution in [1.82, 2.24) is 5.32 Å². The first-order valence-electron chi connectivity index (χ1n) is 14.8. The smallest absolute Gasteiger partial charge is 0.407 e. The number of para-hydroxylation sites is 1. The van der Waals surface area contributed by atoms with Crippen molar-refractivity contribution < 1.29 is 33.3 Å². The molecule has 0 radical (unpaired) electrons. The molecular formula is C36H39N3O7. The Morgan fingerprint density at radius 2 is 1.52 bits per heavy atom. The second-order valence-corrected chi connectivity index (χ2v) is 11.3. The maximum Gasteiger partial charge on any atom is 0.407 e. The van der Waals surface area contributed by atoms with Gasteiger partial charge in [0, 0.05) is 23.7 Å². The summed E-state index contributed by atoms with van der Waals surface area (Å²) < 4.78 is 22.5. The normalized spacial score (nSPS) is 10.9. The zero-order valence-corrected chi connectivity index (χ0v) is 26.4. The number of ketones is 1. The number of alkyl carbamates (subject to hydrolysis) is 1. The van der Waals surface area contributed by atoms with Gasteiger partial charge in [-0.05, 0) is 81.3 Å². The molecular weight excluding hydrogens is 586 g/mol. The van der Waals surface area contributed by atoms with Crippen molar-refractivity contribution in [2.24, 2.45) is 0 Å². The number of carbonyl (C=O) groups excluding carboxylic acids is 3. The number of hydrogen-bond donors (Lipinski definition) is 3. The summed E-state index contributed by atoms with van der Waals surface area (Å²) in [6, 6.07) is 26.1. The summed E-state index contributed by atoms with van der Waals surface area (Å²) in [4.78, 5) is 39.1. The number of anilines is 2. The maximum absolute atomic E-state index is 14.0. The lowest BCUT2D eigenvalue weighted by Gasteiger charge is -2.19. The molecule has 4 aromatic rings. The molecule has 4 N–H and O–H groups in total. The predicted octanol–water partition coefficient (Wildman–Crippen LogP) is 6.63. The van der Waals surface area contributed by atoms with E-state index in [-0.39, 0.29) is 34.9 Å². The number of methoxy groups -OCH3 is 1. The lowest BCUT2D eigenvalue weighted by molar-refractivity contribution is 0.0525. The highest BCUT2D eigenvalue weighted by molar-refractivity contribution is 6.18. The molecule has 0 aliphatic heterocycles. The number of nitrogen functional groups attached to an aromatic ring is 1. The van der Waals surface area contributed by atoms with Crippen molar-refractivity contribution in [3.05, 3.63) is 113 Å². The minimum atomic E-state index is -0.607. The van der Waals surface area contributed by atoms with Gasteiger partial charge in [0.2, 0.25) is 0 Å². The van der Waals surface area contributed by atoms with Crippen LogP contribution in [0.15, 0.2) is 91.0 Å². The number of ether oxygens (including phenoxy) is 4. The minimum Gasteiger partial charge on any atom is -0.497 e. The van der Waals surface area contributed by atoms with Crippen molar-refractivity contribution in [2.75, 3.05) is 31.3 Å². The highest BCUT2D eigenvalue weighted by Crippen LogP contribution is 2.32. The lowest BCUT2D eigenvalue weighted by Crippen LogP contribution is -2.33. The van der Waals surface area contributed by atoms with Crippen LogP contribution in [-0.2, 0) is 11.3 Å². The third kappa shape index (κ3) is 9.49. The molecule has 2 amide bonds. The standard InChI is InChI=1S/C36H39N3O7/c1-36(2,3)46-35(42)38-20-9-21-44-31-22-27(45-23-24-10-6-5-7-11-24)18-19-28(31)33(40)29-12-8-13-30(37)32(29)39-34(41)25-14-16-26(43-4)17-15-25/h5-8,10-19,22H,9,20-21,23,37H2,1-4H3,(H,38,42)(H,39,41). The third-order valence-corrected chi connectivity index (χ3v) is 6.62. The van der Waals surface area contributed by atoms with Gasteiger partial charge in [-0.3, -0.25) is 9.59 Å². The number of hydrogen-bond acceptors (Lipinski definition) is 8. The number of rotatable bonds is 13. The number of amides is 2. The van der Waals surface area contributed by atoms with Crippen LogP contribution in [0.5, 0.6) is 17.2 Å². The Morgan fingerprint density at radius 1 is 0.804 bits per heavy atom. The monoisotopic (exact) mass is 625 g/mol. The predicted molar refractivity (Wildman–Crippen MR) is 177 cm³/mol. The Bertz CT molecular complexity index is 1650. The van der Waals surface area contributed by atoms with Gasteiger partial charge in [0.05, 0.1) is 30.7 Å². The molecule has 4 rings (SSSR count). The molecule has 0 atom stereocenters. The minimum absolute atomic E-state index is 0.185. The van der Waals surface area contributed by atoms with Crippen molar-refractivity contribution in [3.8, 4) is 17.2 Å². The van der Waals surface area contributed by atoms with Gasteiger partial charge in [0.25, 0.3) is 5.91 Å². The Morgan fingerprint density at radius 3 is 2.22 bits per heavy atom. The summed E-state index contributed by atoms with van der Waals surface area (Å²) in [6.07, 6.45) is -0.0748. The summed E-state index contributed by atoms with van der Waals surface area (Å²) in [5.41, 5.74) is 7.85. The van der Waals surface area contributed by atoms with E-state index >= 15 is 0 Å². The number of nitrogens with two attached hydrogens (primary N) is 1. The molecule has 0 unspecified atom stereocenters. The fourth-order valence-corrected chi connectivity index (χ4v) is 4.37. The first kappa shape index (κ1) is 33.4. The van der Waals surface area contributed by atoms with Crippen molar-refractivity contribution in [1.29, 1.82) is 0 Å². The van der Waals surface area contributed by atoms with Gasteiger partial charge >= 0.3 is 6.09 Å². The average molecular weight is 626 g/mol. The van der Waals surface area contributed by atoms with Crippen LogP contribution < -0.4 is 30.6 Å². The fraction of sp³-hybridized carbons (Fsp3) is 0.250. The molecule has 0 bridgehead atoms. The van der Waals surface area contributed by atoms with Crippen LogP contribution in [0, 0.1) is 0 Å². The summed E-state index contributed by atoms with van der Waals surface area (Å²) in [5, 5.41) is 5.49. The third-order valence-electron chi connectivity index (χ3n) is 6.62. The van der Waals surface area contributed by atoms with Gasteiger partial charge in [0.15, 0.2) is 5.78 Å². The summed E-state index contributed by atoms with van der Waals surface area (Å²) in [7, 11) is 1.54. The molecule has 46 heavy (non-hydrogen) atoms. The Balaban J connectivity index is 1.55. The Labute approximate surface area is 268 Å². The van der Waals surface area contributed by atoms with E-state index in [0.717, 1.165) is 5.56 Å². The second kappa shape index (κ2) is 15.5. The van der Waals surface area contributed by atoms with Crippen LogP contribution in [0.1, 0.15) is 59.0 Å². The van der Waals surface area contributed by atoms with E-state index in [4.69, 9.17) is 24.7 Å². The highest BCUT2D eigenvalue weighted by Gasteiger charge is 2.22. The topological polar surface area (TPSA) is 138 Å². The first-order chi connectivity index (χ1) is 22.0. The van der Waals surface area contributed by atoms with Crippen molar-refractivity contribution >= 4 is 29.2 Å². The van der Waals surface area contributed by atoms with E-state index < -0.39 is 23.4 Å². The fourth-order valence-electron chi connectivity index (χ4n) is 4.37. The Hall–Kier alpha value is -5.51. The molecule has 0 aliphatic rings. The van der Waals surface area contributed by atoms with E-state index in [1.165, 1.54) is 0 Å². The molecule has 0 heterocycles. The van der Waals surface area contributed by atoms with Crippen molar-refractivity contribution in [2.45, 2.75) is 39.4 Å². The van der Waals surface area contributed by atoms with Gasteiger partial charge in [-0.15, -0.1) is 0 Å². The molecule has 0 aromatic heterocycles. The van der Waals surface area contributed by atoms with Gasteiger partial charge in [0.1, 0.15) is 29.5 Å². The molecule has 0 spiro atoms. The maximum atomic E-state index is 14.0. The molecule has 0 aliphatic carbocycles. The largest absolute Gasteiger partial charge is 0.497 e. The van der Waals surface area contributed by atoms with Gasteiger partial charge < -0.3 is 35.3 Å². The van der Waals surface area contributed by atoms with Gasteiger partial charge in [-0.1, -0.05) is 36.4 Å². The zero-order chi connectivity index (χ0) is 33.1. The average Bonchev–Trinajstić information content (AvgIpc) is 3.04. The van der Waals surface area contributed by atoms with E-state index in [1.807, 2.05) is 30.3 Å². The first-order valence-corrected chi connectivity index (χ1v) is 14.8. The Kier molecular flexibility index (Phi) is 11.2. The molecule has 10 nitrogen and oxygen atoms in total. The van der Waals surface area contributed by atoms with Gasteiger partial charge in [-0.25, -0.2) is 4.79 Å².